The number of ether oxygens (including phenoxy) is 1. The van der Waals surface area contributed by atoms with Crippen LogP contribution in [0, 0.1) is 12.7 Å². The molecule has 0 unspecified atom stereocenters. The average Bonchev–Trinajstić information content (AvgIpc) is 2.82. The second-order valence-electron chi connectivity index (χ2n) is 4.01. The molecule has 0 aliphatic rings. The molecule has 0 saturated carbocycles. The molecular weight excluding hydrogens is 279 g/mol. The molecule has 1 aromatic heterocycles. The fraction of sp³-hybridized carbons (Fsp3) is 0.143. The van der Waals surface area contributed by atoms with Crippen LogP contribution in [0.15, 0.2) is 29.7 Å². The predicted octanol–water partition coefficient (Wildman–Crippen LogP) is 3.25. The maximum Gasteiger partial charge on any atom is 0.250 e. The summed E-state index contributed by atoms with van der Waals surface area (Å²) in [5, 5.41) is 5.02. The predicted molar refractivity (Wildman–Crippen MR) is 77.5 cm³/mol. The molecule has 104 valence electrons. The van der Waals surface area contributed by atoms with E-state index in [1.807, 2.05) is 12.3 Å². The summed E-state index contributed by atoms with van der Waals surface area (Å²) in [5.41, 5.74) is 1.43. The van der Waals surface area contributed by atoms with Crippen molar-refractivity contribution in [1.82, 2.24) is 4.98 Å². The van der Waals surface area contributed by atoms with Gasteiger partial charge in [0.25, 0.3) is 0 Å². The summed E-state index contributed by atoms with van der Waals surface area (Å²) in [5.74, 6) is -0.606. The van der Waals surface area contributed by atoms with Gasteiger partial charge in [-0.3, -0.25) is 10.1 Å². The molecule has 1 amide bonds. The molecule has 0 aliphatic carbocycles. The monoisotopic (exact) mass is 292 g/mol. The van der Waals surface area contributed by atoms with Crippen molar-refractivity contribution in [1.29, 1.82) is 0 Å². The summed E-state index contributed by atoms with van der Waals surface area (Å²) in [6.45, 7) is 1.85. The standard InChI is InChI=1S/C14H13FN2O2S/c1-9-8-20-14(16-9)17-13(18)6-4-10-3-5-12(19-2)11(15)7-10/h3-8H,1-2H3,(H,16,17,18). The van der Waals surface area contributed by atoms with Crippen molar-refractivity contribution in [3.05, 3.63) is 46.7 Å². The van der Waals surface area contributed by atoms with E-state index in [1.54, 1.807) is 6.07 Å². The van der Waals surface area contributed by atoms with Gasteiger partial charge in [0.2, 0.25) is 5.91 Å². The quantitative estimate of drug-likeness (QED) is 0.880. The SMILES string of the molecule is COc1ccc(C=CC(=O)Nc2nc(C)cs2)cc1F. The van der Waals surface area contributed by atoms with E-state index in [0.29, 0.717) is 10.7 Å². The van der Waals surface area contributed by atoms with Crippen molar-refractivity contribution < 1.29 is 13.9 Å². The Bertz CT molecular complexity index is 652. The van der Waals surface area contributed by atoms with Crippen LogP contribution in [0.1, 0.15) is 11.3 Å². The molecule has 1 aromatic carbocycles. The van der Waals surface area contributed by atoms with Crippen LogP contribution in [0.5, 0.6) is 5.75 Å². The molecule has 0 radical (unpaired) electrons. The molecule has 0 atom stereocenters. The lowest BCUT2D eigenvalue weighted by Gasteiger charge is -2.01. The maximum atomic E-state index is 13.5. The molecule has 6 heteroatoms. The van der Waals surface area contributed by atoms with E-state index >= 15 is 0 Å². The van der Waals surface area contributed by atoms with E-state index in [9.17, 15) is 9.18 Å². The first-order valence-electron chi connectivity index (χ1n) is 5.83. The largest absolute Gasteiger partial charge is 0.494 e. The molecule has 20 heavy (non-hydrogen) atoms. The van der Waals surface area contributed by atoms with Crippen LogP contribution in [0.3, 0.4) is 0 Å². The van der Waals surface area contributed by atoms with Crippen LogP contribution >= 0.6 is 11.3 Å². The van der Waals surface area contributed by atoms with Crippen LogP contribution in [0.4, 0.5) is 9.52 Å². The number of methoxy groups -OCH3 is 1. The van der Waals surface area contributed by atoms with Crippen LogP contribution in [0.25, 0.3) is 6.08 Å². The van der Waals surface area contributed by atoms with E-state index in [4.69, 9.17) is 4.74 Å². The van der Waals surface area contributed by atoms with Gasteiger partial charge in [0, 0.05) is 11.5 Å². The zero-order valence-electron chi connectivity index (χ0n) is 11.0. The highest BCUT2D eigenvalue weighted by atomic mass is 32.1. The molecule has 0 spiro atoms. The first kappa shape index (κ1) is 14.2. The third-order valence-corrected chi connectivity index (χ3v) is 3.33. The summed E-state index contributed by atoms with van der Waals surface area (Å²) < 4.78 is 18.3. The van der Waals surface area contributed by atoms with Crippen molar-refractivity contribution >= 4 is 28.5 Å². The molecule has 1 N–H and O–H groups in total. The van der Waals surface area contributed by atoms with Gasteiger partial charge >= 0.3 is 0 Å². The number of carbonyl (C=O) groups is 1. The number of anilines is 1. The van der Waals surface area contributed by atoms with Gasteiger partial charge in [-0.05, 0) is 30.7 Å². The highest BCUT2D eigenvalue weighted by Crippen LogP contribution is 2.18. The van der Waals surface area contributed by atoms with Gasteiger partial charge < -0.3 is 4.74 Å². The van der Waals surface area contributed by atoms with Crippen molar-refractivity contribution in [3.8, 4) is 5.75 Å². The van der Waals surface area contributed by atoms with Crippen LogP contribution in [-0.4, -0.2) is 18.0 Å². The van der Waals surface area contributed by atoms with Gasteiger partial charge in [0.05, 0.1) is 12.8 Å². The van der Waals surface area contributed by atoms with Crippen molar-refractivity contribution in [3.63, 3.8) is 0 Å². The number of hydrogen-bond donors (Lipinski definition) is 1. The lowest BCUT2D eigenvalue weighted by atomic mass is 10.2. The second-order valence-corrected chi connectivity index (χ2v) is 4.87. The summed E-state index contributed by atoms with van der Waals surface area (Å²) in [7, 11) is 1.40. The summed E-state index contributed by atoms with van der Waals surface area (Å²) in [6, 6.07) is 4.48. The minimum Gasteiger partial charge on any atom is -0.494 e. The zero-order valence-corrected chi connectivity index (χ0v) is 11.8. The third kappa shape index (κ3) is 3.64. The number of rotatable bonds is 4. The smallest absolute Gasteiger partial charge is 0.250 e. The fourth-order valence-electron chi connectivity index (χ4n) is 1.52. The summed E-state index contributed by atoms with van der Waals surface area (Å²) >= 11 is 1.35. The van der Waals surface area contributed by atoms with Gasteiger partial charge in [-0.25, -0.2) is 9.37 Å². The Morgan fingerprint density at radius 2 is 2.30 bits per heavy atom. The Morgan fingerprint density at radius 1 is 1.50 bits per heavy atom. The number of hydrogen-bond acceptors (Lipinski definition) is 4. The number of nitrogens with one attached hydrogen (secondary N) is 1. The normalized spacial score (nSPS) is 10.8. The lowest BCUT2D eigenvalue weighted by molar-refractivity contribution is -0.111. The van der Waals surface area contributed by atoms with Crippen molar-refractivity contribution in [2.24, 2.45) is 0 Å². The molecule has 1 heterocycles. The summed E-state index contributed by atoms with van der Waals surface area (Å²) in [6.07, 6.45) is 2.86. The van der Waals surface area contributed by atoms with E-state index in [2.05, 4.69) is 10.3 Å². The number of aromatic nitrogens is 1. The minimum absolute atomic E-state index is 0.171. The van der Waals surface area contributed by atoms with Gasteiger partial charge in [0.15, 0.2) is 16.7 Å². The first-order valence-corrected chi connectivity index (χ1v) is 6.71. The highest BCUT2D eigenvalue weighted by molar-refractivity contribution is 7.13. The first-order chi connectivity index (χ1) is 9.58. The Morgan fingerprint density at radius 3 is 2.90 bits per heavy atom. The molecule has 0 saturated heterocycles. The Labute approximate surface area is 119 Å². The van der Waals surface area contributed by atoms with E-state index in [1.165, 1.54) is 42.7 Å². The molecule has 4 nitrogen and oxygen atoms in total. The van der Waals surface area contributed by atoms with Gasteiger partial charge in [0.1, 0.15) is 0 Å². The molecule has 0 fully saturated rings. The van der Waals surface area contributed by atoms with Crippen molar-refractivity contribution in [2.75, 3.05) is 12.4 Å². The Hall–Kier alpha value is -2.21. The zero-order chi connectivity index (χ0) is 14.5. The number of halogens is 1. The Kier molecular flexibility index (Phi) is 4.47. The van der Waals surface area contributed by atoms with E-state index in [-0.39, 0.29) is 11.7 Å². The maximum absolute atomic E-state index is 13.5. The Balaban J connectivity index is 2.01. The number of thiazole rings is 1. The number of nitrogens with zero attached hydrogens (tertiary/aromatic N) is 1. The number of amides is 1. The number of benzene rings is 1. The highest BCUT2D eigenvalue weighted by Gasteiger charge is 2.03. The minimum atomic E-state index is -0.467. The summed E-state index contributed by atoms with van der Waals surface area (Å²) in [4.78, 5) is 15.8. The van der Waals surface area contributed by atoms with Gasteiger partial charge in [-0.15, -0.1) is 11.3 Å². The second kappa shape index (κ2) is 6.29. The van der Waals surface area contributed by atoms with Crippen LogP contribution in [-0.2, 0) is 4.79 Å². The fourth-order valence-corrected chi connectivity index (χ4v) is 2.21. The number of aryl methyl sites for hydroxylation is 1. The van der Waals surface area contributed by atoms with Crippen molar-refractivity contribution in [2.45, 2.75) is 6.92 Å². The number of carbonyl (C=O) groups excluding carboxylic acids is 1. The van der Waals surface area contributed by atoms with Crippen LogP contribution < -0.4 is 10.1 Å². The van der Waals surface area contributed by atoms with E-state index in [0.717, 1.165) is 5.69 Å². The molecular formula is C14H13FN2O2S. The average molecular weight is 292 g/mol. The third-order valence-electron chi connectivity index (χ3n) is 2.45. The molecule has 2 aromatic rings. The van der Waals surface area contributed by atoms with Crippen LogP contribution in [0.2, 0.25) is 0 Å². The van der Waals surface area contributed by atoms with E-state index < -0.39 is 5.82 Å². The van der Waals surface area contributed by atoms with Gasteiger partial charge in [-0.2, -0.15) is 0 Å². The molecule has 0 aliphatic heterocycles. The molecule has 2 rings (SSSR count). The lowest BCUT2D eigenvalue weighted by Crippen LogP contribution is -2.07. The molecule has 0 bridgehead atoms. The van der Waals surface area contributed by atoms with Gasteiger partial charge in [-0.1, -0.05) is 6.07 Å². The topological polar surface area (TPSA) is 51.2 Å².